The average molecular weight is 440 g/mol. The molecule has 0 atom stereocenters. The lowest BCUT2D eigenvalue weighted by Gasteiger charge is -2.09. The second-order valence-electron chi connectivity index (χ2n) is 6.60. The van der Waals surface area contributed by atoms with Crippen LogP contribution in [0, 0.1) is 13.8 Å². The largest absolute Gasteiger partial charge is 0.310 e. The van der Waals surface area contributed by atoms with Crippen LogP contribution in [0.4, 0.5) is 5.82 Å². The first-order valence-corrected chi connectivity index (χ1v) is 10.5. The highest BCUT2D eigenvalue weighted by atomic mass is 35.5. The predicted octanol–water partition coefficient (Wildman–Crippen LogP) is 3.85. The van der Waals surface area contributed by atoms with Crippen LogP contribution in [0.25, 0.3) is 11.4 Å². The second kappa shape index (κ2) is 8.68. The monoisotopic (exact) mass is 439 g/mol. The number of anilines is 1. The lowest BCUT2D eigenvalue weighted by molar-refractivity contribution is -0.113. The van der Waals surface area contributed by atoms with Crippen LogP contribution < -0.4 is 5.32 Å². The number of carbonyl (C=O) groups is 1. The van der Waals surface area contributed by atoms with Crippen molar-refractivity contribution in [1.29, 1.82) is 0 Å². The van der Waals surface area contributed by atoms with Crippen molar-refractivity contribution in [2.75, 3.05) is 11.1 Å². The van der Waals surface area contributed by atoms with Gasteiger partial charge in [-0.1, -0.05) is 41.1 Å². The number of amides is 1. The molecule has 2 heterocycles. The number of aryl methyl sites for hydroxylation is 2. The van der Waals surface area contributed by atoms with E-state index in [0.29, 0.717) is 16.0 Å². The highest BCUT2D eigenvalue weighted by Gasteiger charge is 2.14. The molecule has 2 aromatic heterocycles. The van der Waals surface area contributed by atoms with Gasteiger partial charge in [0.15, 0.2) is 0 Å². The fraction of sp³-hybridized carbons (Fsp3) is 0.150. The first kappa shape index (κ1) is 20.1. The van der Waals surface area contributed by atoms with Crippen molar-refractivity contribution in [2.24, 2.45) is 0 Å². The van der Waals surface area contributed by atoms with E-state index < -0.39 is 0 Å². The third-order valence-electron chi connectivity index (χ3n) is 4.22. The maximum atomic E-state index is 12.6. The minimum atomic E-state index is -0.182. The third kappa shape index (κ3) is 4.52. The maximum absolute atomic E-state index is 12.6. The fourth-order valence-electron chi connectivity index (χ4n) is 2.79. The molecule has 10 heteroatoms. The third-order valence-corrected chi connectivity index (χ3v) is 5.39. The molecule has 0 aliphatic carbocycles. The number of carbonyl (C=O) groups excluding carboxylic acids is 1. The van der Waals surface area contributed by atoms with E-state index >= 15 is 0 Å². The van der Waals surface area contributed by atoms with Gasteiger partial charge in [0.25, 0.3) is 0 Å². The van der Waals surface area contributed by atoms with Crippen molar-refractivity contribution in [1.82, 2.24) is 30.0 Å². The lowest BCUT2D eigenvalue weighted by atomic mass is 10.2. The molecule has 30 heavy (non-hydrogen) atoms. The van der Waals surface area contributed by atoms with E-state index in [-0.39, 0.29) is 11.7 Å². The molecule has 0 aliphatic rings. The van der Waals surface area contributed by atoms with E-state index in [4.69, 9.17) is 11.6 Å². The Labute approximate surface area is 182 Å². The topological polar surface area (TPSA) is 90.5 Å². The van der Waals surface area contributed by atoms with Crippen molar-refractivity contribution >= 4 is 35.1 Å². The predicted molar refractivity (Wildman–Crippen MR) is 117 cm³/mol. The molecule has 1 amide bonds. The van der Waals surface area contributed by atoms with Crippen LogP contribution in [-0.4, -0.2) is 41.6 Å². The first-order chi connectivity index (χ1) is 14.5. The number of tetrazole rings is 1. The number of nitrogens with zero attached hydrogens (tertiary/aromatic N) is 6. The first-order valence-electron chi connectivity index (χ1n) is 9.10. The molecule has 0 aliphatic heterocycles. The highest BCUT2D eigenvalue weighted by Crippen LogP contribution is 2.21. The van der Waals surface area contributed by atoms with Crippen LogP contribution in [0.1, 0.15) is 11.3 Å². The van der Waals surface area contributed by atoms with Crippen molar-refractivity contribution in [3.05, 3.63) is 70.9 Å². The summed E-state index contributed by atoms with van der Waals surface area (Å²) in [6, 6.07) is 16.9. The zero-order valence-corrected chi connectivity index (χ0v) is 17.9. The van der Waals surface area contributed by atoms with Gasteiger partial charge in [-0.2, -0.15) is 9.78 Å². The van der Waals surface area contributed by atoms with E-state index in [1.807, 2.05) is 56.3 Å². The number of benzene rings is 2. The Balaban J connectivity index is 1.45. The SMILES string of the molecule is Cc1ccc(-n2nc(C)cc2NC(=O)CSc2nnnn2-c2ccc(Cl)cc2)cc1. The summed E-state index contributed by atoms with van der Waals surface area (Å²) in [5, 5.41) is 20.2. The zero-order chi connectivity index (χ0) is 21.1. The number of hydrogen-bond acceptors (Lipinski definition) is 6. The Bertz CT molecular complexity index is 1170. The van der Waals surface area contributed by atoms with Crippen molar-refractivity contribution in [3.8, 4) is 11.4 Å². The Hall–Kier alpha value is -3.17. The van der Waals surface area contributed by atoms with Gasteiger partial charge in [0.2, 0.25) is 11.1 Å². The van der Waals surface area contributed by atoms with Crippen LogP contribution in [0.5, 0.6) is 0 Å². The van der Waals surface area contributed by atoms with Crippen LogP contribution >= 0.6 is 23.4 Å². The lowest BCUT2D eigenvalue weighted by Crippen LogP contribution is -2.17. The smallest absolute Gasteiger partial charge is 0.236 e. The molecular formula is C20H18ClN7OS. The highest BCUT2D eigenvalue weighted by molar-refractivity contribution is 7.99. The molecule has 8 nitrogen and oxygen atoms in total. The van der Waals surface area contributed by atoms with E-state index in [9.17, 15) is 4.79 Å². The number of thioether (sulfide) groups is 1. The van der Waals surface area contributed by atoms with Gasteiger partial charge in [-0.15, -0.1) is 5.10 Å². The van der Waals surface area contributed by atoms with E-state index in [2.05, 4.69) is 25.9 Å². The van der Waals surface area contributed by atoms with E-state index in [1.165, 1.54) is 11.8 Å². The molecule has 4 aromatic rings. The van der Waals surface area contributed by atoms with Gasteiger partial charge in [-0.05, 0) is 60.7 Å². The molecule has 0 unspecified atom stereocenters. The molecule has 2 aromatic carbocycles. The minimum Gasteiger partial charge on any atom is -0.310 e. The summed E-state index contributed by atoms with van der Waals surface area (Å²) in [5.74, 6) is 0.574. The van der Waals surface area contributed by atoms with Crippen molar-refractivity contribution in [2.45, 2.75) is 19.0 Å². The van der Waals surface area contributed by atoms with Crippen LogP contribution in [0.15, 0.2) is 59.8 Å². The Morgan fingerprint density at radius 1 is 1.03 bits per heavy atom. The number of halogens is 1. The number of nitrogens with one attached hydrogen (secondary N) is 1. The zero-order valence-electron chi connectivity index (χ0n) is 16.3. The summed E-state index contributed by atoms with van der Waals surface area (Å²) >= 11 is 7.18. The average Bonchev–Trinajstić information content (AvgIpc) is 3.34. The number of hydrogen-bond donors (Lipinski definition) is 1. The van der Waals surface area contributed by atoms with Gasteiger partial charge in [0.05, 0.1) is 22.8 Å². The van der Waals surface area contributed by atoms with Gasteiger partial charge in [-0.3, -0.25) is 4.79 Å². The van der Waals surface area contributed by atoms with Gasteiger partial charge < -0.3 is 5.32 Å². The quantitative estimate of drug-likeness (QED) is 0.459. The van der Waals surface area contributed by atoms with Crippen LogP contribution in [-0.2, 0) is 4.79 Å². The Kier molecular flexibility index (Phi) is 5.82. The summed E-state index contributed by atoms with van der Waals surface area (Å²) in [6.45, 7) is 3.91. The van der Waals surface area contributed by atoms with Gasteiger partial charge in [0.1, 0.15) is 5.82 Å². The maximum Gasteiger partial charge on any atom is 0.236 e. The molecule has 152 valence electrons. The summed E-state index contributed by atoms with van der Waals surface area (Å²) in [4.78, 5) is 12.6. The summed E-state index contributed by atoms with van der Waals surface area (Å²) in [7, 11) is 0. The fourth-order valence-corrected chi connectivity index (χ4v) is 3.61. The Morgan fingerprint density at radius 3 is 2.43 bits per heavy atom. The standard InChI is InChI=1S/C20H18ClN7OS/c1-13-3-7-16(8-4-13)27-18(11-14(2)24-27)22-19(29)12-30-20-23-25-26-28(20)17-9-5-15(21)6-10-17/h3-11H,12H2,1-2H3,(H,22,29). The normalized spacial score (nSPS) is 10.9. The van der Waals surface area contributed by atoms with Gasteiger partial charge >= 0.3 is 0 Å². The molecule has 0 fully saturated rings. The number of rotatable bonds is 6. The molecular weight excluding hydrogens is 422 g/mol. The van der Waals surface area contributed by atoms with Gasteiger partial charge in [-0.25, -0.2) is 4.68 Å². The summed E-state index contributed by atoms with van der Waals surface area (Å²) in [5.41, 5.74) is 3.61. The molecule has 0 saturated carbocycles. The van der Waals surface area contributed by atoms with E-state index in [1.54, 1.807) is 21.5 Å². The molecule has 0 bridgehead atoms. The molecule has 1 N–H and O–H groups in total. The van der Waals surface area contributed by atoms with Crippen LogP contribution in [0.2, 0.25) is 5.02 Å². The van der Waals surface area contributed by atoms with Crippen molar-refractivity contribution < 1.29 is 4.79 Å². The summed E-state index contributed by atoms with van der Waals surface area (Å²) < 4.78 is 3.28. The molecule has 0 saturated heterocycles. The number of aromatic nitrogens is 6. The molecule has 4 rings (SSSR count). The molecule has 0 radical (unpaired) electrons. The molecule has 0 spiro atoms. The minimum absolute atomic E-state index is 0.145. The Morgan fingerprint density at radius 2 is 1.70 bits per heavy atom. The second-order valence-corrected chi connectivity index (χ2v) is 7.98. The van der Waals surface area contributed by atoms with Gasteiger partial charge in [0, 0.05) is 11.1 Å². The van der Waals surface area contributed by atoms with E-state index in [0.717, 1.165) is 22.6 Å². The van der Waals surface area contributed by atoms with Crippen LogP contribution in [0.3, 0.4) is 0 Å². The summed E-state index contributed by atoms with van der Waals surface area (Å²) in [6.07, 6.45) is 0. The van der Waals surface area contributed by atoms with Crippen molar-refractivity contribution in [3.63, 3.8) is 0 Å².